The van der Waals surface area contributed by atoms with Gasteiger partial charge in [0.1, 0.15) is 0 Å². The highest BCUT2D eigenvalue weighted by atomic mass is 16.2. The molecule has 3 N–H and O–H groups in total. The summed E-state index contributed by atoms with van der Waals surface area (Å²) in [5.41, 5.74) is 6.48. The van der Waals surface area contributed by atoms with Gasteiger partial charge in [-0.3, -0.25) is 9.59 Å². The highest BCUT2D eigenvalue weighted by Gasteiger charge is 2.36. The molecule has 0 aromatic carbocycles. The summed E-state index contributed by atoms with van der Waals surface area (Å²) in [6.45, 7) is 7.18. The minimum absolute atomic E-state index is 0.0277. The van der Waals surface area contributed by atoms with E-state index in [1.807, 2.05) is 11.9 Å². The summed E-state index contributed by atoms with van der Waals surface area (Å²) in [4.78, 5) is 29.1. The molecule has 6 heteroatoms. The molecule has 130 valence electrons. The van der Waals surface area contributed by atoms with Gasteiger partial charge in [-0.15, -0.1) is 0 Å². The Hall–Kier alpha value is -1.40. The van der Waals surface area contributed by atoms with Crippen LogP contribution in [0.2, 0.25) is 0 Å². The lowest BCUT2D eigenvalue weighted by atomic mass is 9.86. The van der Waals surface area contributed by atoms with Gasteiger partial charge < -0.3 is 20.9 Å². The third kappa shape index (κ3) is 4.54. The summed E-state index contributed by atoms with van der Waals surface area (Å²) in [6, 6.07) is -0.317. The molecule has 2 aliphatic rings. The molecule has 2 aliphatic heterocycles. The van der Waals surface area contributed by atoms with Gasteiger partial charge in [0, 0.05) is 18.7 Å². The van der Waals surface area contributed by atoms with E-state index in [0.29, 0.717) is 26.1 Å². The number of hydrogen-bond donors (Lipinski definition) is 2. The monoisotopic (exact) mass is 322 g/mol. The van der Waals surface area contributed by atoms with Gasteiger partial charge in [-0.25, -0.2) is 0 Å². The molecule has 2 saturated heterocycles. The number of rotatable bonds is 7. The van der Waals surface area contributed by atoms with Crippen molar-refractivity contribution in [1.82, 2.24) is 15.1 Å². The normalized spacial score (nSPS) is 21.7. The Bertz CT molecular complexity index is 446. The van der Waals surface area contributed by atoms with Gasteiger partial charge in [-0.05, 0) is 51.7 Å². The maximum atomic E-state index is 13.0. The van der Waals surface area contributed by atoms with Crippen LogP contribution in [0.25, 0.3) is 0 Å². The van der Waals surface area contributed by atoms with Crippen molar-refractivity contribution in [2.24, 2.45) is 11.7 Å². The Kier molecular flexibility index (Phi) is 6.59. The van der Waals surface area contributed by atoms with Gasteiger partial charge in [0.05, 0.1) is 19.1 Å². The fraction of sp³-hybridized carbons (Fsp3) is 0.765. The molecule has 23 heavy (non-hydrogen) atoms. The Morgan fingerprint density at radius 1 is 1.35 bits per heavy atom. The standard InChI is InChI=1S/C17H30N4O2/c1-13-11-21(16(22)12-20(13)2)15(5-3-4-8-18)17(23)14-6-9-19-10-7-14/h14-15,19H,1,3-12,18H2,2H3/t15-/m0/s1. The van der Waals surface area contributed by atoms with Crippen LogP contribution in [0.3, 0.4) is 0 Å². The summed E-state index contributed by atoms with van der Waals surface area (Å²) in [5.74, 6) is 0.328. The fourth-order valence-corrected chi connectivity index (χ4v) is 3.41. The molecule has 2 fully saturated rings. The van der Waals surface area contributed by atoms with E-state index < -0.39 is 0 Å². The first-order valence-electron chi connectivity index (χ1n) is 8.67. The number of likely N-dealkylation sites (N-methyl/N-ethyl adjacent to an activating group) is 1. The molecule has 2 rings (SSSR count). The van der Waals surface area contributed by atoms with Crippen LogP contribution in [-0.4, -0.2) is 67.3 Å². The molecule has 6 nitrogen and oxygen atoms in total. The highest BCUT2D eigenvalue weighted by molar-refractivity contribution is 5.91. The van der Waals surface area contributed by atoms with Crippen LogP contribution in [0.5, 0.6) is 0 Å². The van der Waals surface area contributed by atoms with Crippen LogP contribution in [-0.2, 0) is 9.59 Å². The van der Waals surface area contributed by atoms with Gasteiger partial charge >= 0.3 is 0 Å². The van der Waals surface area contributed by atoms with Crippen LogP contribution in [0.15, 0.2) is 12.3 Å². The molecule has 1 amide bonds. The zero-order valence-corrected chi connectivity index (χ0v) is 14.2. The summed E-state index contributed by atoms with van der Waals surface area (Å²) in [7, 11) is 1.87. The van der Waals surface area contributed by atoms with E-state index in [9.17, 15) is 9.59 Å². The average molecular weight is 322 g/mol. The first-order chi connectivity index (χ1) is 11.0. The minimum Gasteiger partial charge on any atom is -0.368 e. The van der Waals surface area contributed by atoms with Gasteiger partial charge in [0.15, 0.2) is 5.78 Å². The largest absolute Gasteiger partial charge is 0.368 e. The number of piperazine rings is 1. The van der Waals surface area contributed by atoms with E-state index in [-0.39, 0.29) is 23.7 Å². The van der Waals surface area contributed by atoms with Crippen molar-refractivity contribution in [3.05, 3.63) is 12.3 Å². The summed E-state index contributed by atoms with van der Waals surface area (Å²) >= 11 is 0. The number of nitrogens with zero attached hydrogens (tertiary/aromatic N) is 2. The van der Waals surface area contributed by atoms with E-state index in [4.69, 9.17) is 5.73 Å². The number of nitrogens with one attached hydrogen (secondary N) is 1. The second-order valence-corrected chi connectivity index (χ2v) is 6.67. The Labute approximate surface area is 139 Å². The van der Waals surface area contributed by atoms with Crippen molar-refractivity contribution in [2.75, 3.05) is 39.8 Å². The smallest absolute Gasteiger partial charge is 0.243 e. The SMILES string of the molecule is C=C1CN([C@@H](CCCCN)C(=O)C2CCNCC2)C(=O)CN1C. The number of amides is 1. The number of hydrogen-bond acceptors (Lipinski definition) is 5. The molecule has 1 atom stereocenters. The molecular formula is C17H30N4O2. The van der Waals surface area contributed by atoms with Crippen LogP contribution < -0.4 is 11.1 Å². The Morgan fingerprint density at radius 2 is 2.04 bits per heavy atom. The van der Waals surface area contributed by atoms with Crippen LogP contribution >= 0.6 is 0 Å². The second kappa shape index (κ2) is 8.45. The van der Waals surface area contributed by atoms with Gasteiger partial charge in [-0.1, -0.05) is 6.58 Å². The molecule has 2 heterocycles. The quantitative estimate of drug-likeness (QED) is 0.661. The number of piperidine rings is 1. The molecule has 0 aliphatic carbocycles. The van der Waals surface area contributed by atoms with Crippen LogP contribution in [0.4, 0.5) is 0 Å². The molecule has 0 saturated carbocycles. The molecule has 0 radical (unpaired) electrons. The summed E-state index contributed by atoms with van der Waals surface area (Å²) < 4.78 is 0. The minimum atomic E-state index is -0.317. The Balaban J connectivity index is 2.10. The Morgan fingerprint density at radius 3 is 2.70 bits per heavy atom. The van der Waals surface area contributed by atoms with Crippen molar-refractivity contribution >= 4 is 11.7 Å². The van der Waals surface area contributed by atoms with E-state index >= 15 is 0 Å². The van der Waals surface area contributed by atoms with Gasteiger partial charge in [0.2, 0.25) is 5.91 Å². The predicted octanol–water partition coefficient (Wildman–Crippen LogP) is 0.340. The summed E-state index contributed by atoms with van der Waals surface area (Å²) in [6.07, 6.45) is 4.22. The van der Waals surface area contributed by atoms with Crippen molar-refractivity contribution in [1.29, 1.82) is 0 Å². The molecule has 0 bridgehead atoms. The number of carbonyl (C=O) groups is 2. The number of carbonyl (C=O) groups excluding carboxylic acids is 2. The zero-order chi connectivity index (χ0) is 16.8. The lowest BCUT2D eigenvalue weighted by Gasteiger charge is -2.40. The van der Waals surface area contributed by atoms with E-state index in [2.05, 4.69) is 11.9 Å². The van der Waals surface area contributed by atoms with E-state index in [1.54, 1.807) is 4.90 Å². The fourth-order valence-electron chi connectivity index (χ4n) is 3.41. The van der Waals surface area contributed by atoms with E-state index in [0.717, 1.165) is 44.5 Å². The molecule has 0 unspecified atom stereocenters. The average Bonchev–Trinajstić information content (AvgIpc) is 2.56. The van der Waals surface area contributed by atoms with Crippen molar-refractivity contribution in [3.63, 3.8) is 0 Å². The maximum Gasteiger partial charge on any atom is 0.243 e. The number of ketones is 1. The number of unbranched alkanes of at least 4 members (excludes halogenated alkanes) is 1. The van der Waals surface area contributed by atoms with Gasteiger partial charge in [0.25, 0.3) is 0 Å². The lowest BCUT2D eigenvalue weighted by Crippen LogP contribution is -2.55. The first-order valence-corrected chi connectivity index (χ1v) is 8.67. The number of Topliss-reactive ketones (excluding diaryl/α,β-unsaturated/α-hetero) is 1. The number of nitrogens with two attached hydrogens (primary N) is 1. The third-order valence-electron chi connectivity index (χ3n) is 4.96. The van der Waals surface area contributed by atoms with Crippen LogP contribution in [0, 0.1) is 5.92 Å². The van der Waals surface area contributed by atoms with Gasteiger partial charge in [-0.2, -0.15) is 0 Å². The van der Waals surface area contributed by atoms with E-state index in [1.165, 1.54) is 0 Å². The molecule has 0 aromatic heterocycles. The molecule has 0 aromatic rings. The summed E-state index contributed by atoms with van der Waals surface area (Å²) in [5, 5.41) is 3.29. The van der Waals surface area contributed by atoms with Crippen molar-refractivity contribution in [2.45, 2.75) is 38.1 Å². The third-order valence-corrected chi connectivity index (χ3v) is 4.96. The lowest BCUT2D eigenvalue weighted by molar-refractivity contribution is -0.144. The molecular weight excluding hydrogens is 292 g/mol. The zero-order valence-electron chi connectivity index (χ0n) is 14.2. The van der Waals surface area contributed by atoms with Crippen LogP contribution in [0.1, 0.15) is 32.1 Å². The maximum absolute atomic E-state index is 13.0. The molecule has 0 spiro atoms. The predicted molar refractivity (Wildman–Crippen MR) is 90.8 cm³/mol. The van der Waals surface area contributed by atoms with Crippen molar-refractivity contribution in [3.8, 4) is 0 Å². The highest BCUT2D eigenvalue weighted by Crippen LogP contribution is 2.23. The first kappa shape index (κ1) is 17.9. The second-order valence-electron chi connectivity index (χ2n) is 6.67. The topological polar surface area (TPSA) is 78.7 Å². The van der Waals surface area contributed by atoms with Crippen molar-refractivity contribution < 1.29 is 9.59 Å².